The molecule has 0 spiro atoms. The van der Waals surface area contributed by atoms with Gasteiger partial charge in [0, 0.05) is 31.4 Å². The van der Waals surface area contributed by atoms with Gasteiger partial charge in [-0.15, -0.1) is 0 Å². The van der Waals surface area contributed by atoms with Crippen LogP contribution in [0, 0.1) is 0 Å². The van der Waals surface area contributed by atoms with Crippen LogP contribution in [0.2, 0.25) is 0 Å². The smallest absolute Gasteiger partial charge is 0.337 e. The second-order valence-corrected chi connectivity index (χ2v) is 5.14. The van der Waals surface area contributed by atoms with Crippen LogP contribution in [0.4, 0.5) is 0 Å². The number of carbonyl (C=O) groups is 1. The fourth-order valence-electron chi connectivity index (χ4n) is 2.68. The lowest BCUT2D eigenvalue weighted by atomic mass is 10.2. The van der Waals surface area contributed by atoms with Crippen molar-refractivity contribution in [2.75, 3.05) is 13.1 Å². The Labute approximate surface area is 105 Å². The number of rotatable bonds is 3. The number of hydrogen-bond donors (Lipinski definition) is 1. The first kappa shape index (κ1) is 11.5. The number of hydrogen-bond acceptors (Lipinski definition) is 3. The third kappa shape index (κ3) is 2.06. The molecule has 1 saturated heterocycles. The molecule has 1 atom stereocenters. The zero-order chi connectivity index (χ0) is 12.7. The van der Waals surface area contributed by atoms with Crippen molar-refractivity contribution in [2.45, 2.75) is 31.3 Å². The van der Waals surface area contributed by atoms with Gasteiger partial charge >= 0.3 is 5.97 Å². The van der Waals surface area contributed by atoms with Crippen LogP contribution in [0.15, 0.2) is 23.1 Å². The summed E-state index contributed by atoms with van der Waals surface area (Å²) in [6, 6.07) is 3.55. The molecule has 1 unspecified atom stereocenters. The van der Waals surface area contributed by atoms with Gasteiger partial charge in [0.25, 0.3) is 5.56 Å². The van der Waals surface area contributed by atoms with Crippen LogP contribution in [0.5, 0.6) is 0 Å². The molecule has 3 rings (SSSR count). The number of carboxylic acid groups (broad SMARTS) is 1. The minimum Gasteiger partial charge on any atom is -0.478 e. The summed E-state index contributed by atoms with van der Waals surface area (Å²) in [5.41, 5.74) is 0.0714. The first-order valence-corrected chi connectivity index (χ1v) is 6.34. The Morgan fingerprint density at radius 3 is 2.67 bits per heavy atom. The van der Waals surface area contributed by atoms with E-state index in [0.717, 1.165) is 19.5 Å². The number of likely N-dealkylation sites (tertiary alicyclic amines) is 1. The monoisotopic (exact) mass is 248 g/mol. The summed E-state index contributed by atoms with van der Waals surface area (Å²) >= 11 is 0. The predicted octanol–water partition coefficient (Wildman–Crippen LogP) is 0.956. The molecule has 0 amide bonds. The summed E-state index contributed by atoms with van der Waals surface area (Å²) in [5.74, 6) is -0.985. The molecule has 5 heteroatoms. The van der Waals surface area contributed by atoms with Gasteiger partial charge in [-0.1, -0.05) is 0 Å². The van der Waals surface area contributed by atoms with Crippen molar-refractivity contribution in [2.24, 2.45) is 0 Å². The lowest BCUT2D eigenvalue weighted by molar-refractivity contribution is 0.0695. The highest BCUT2D eigenvalue weighted by molar-refractivity contribution is 5.87. The molecular formula is C13H16N2O3. The molecule has 1 aromatic rings. The summed E-state index contributed by atoms with van der Waals surface area (Å²) in [6.07, 6.45) is 4.93. The molecule has 0 bridgehead atoms. The molecule has 5 nitrogen and oxygen atoms in total. The van der Waals surface area contributed by atoms with E-state index in [-0.39, 0.29) is 17.2 Å². The Balaban J connectivity index is 1.85. The van der Waals surface area contributed by atoms with E-state index in [4.69, 9.17) is 5.11 Å². The van der Waals surface area contributed by atoms with Crippen LogP contribution < -0.4 is 5.56 Å². The minimum absolute atomic E-state index is 0.109. The molecule has 0 radical (unpaired) electrons. The van der Waals surface area contributed by atoms with Crippen LogP contribution in [0.3, 0.4) is 0 Å². The van der Waals surface area contributed by atoms with Crippen LogP contribution in [-0.2, 0) is 0 Å². The Morgan fingerprint density at radius 2 is 2.00 bits per heavy atom. The molecule has 1 aliphatic heterocycles. The van der Waals surface area contributed by atoms with Gasteiger partial charge in [0.15, 0.2) is 0 Å². The van der Waals surface area contributed by atoms with E-state index in [0.29, 0.717) is 6.04 Å². The van der Waals surface area contributed by atoms with E-state index < -0.39 is 5.97 Å². The molecule has 1 aromatic heterocycles. The number of aromatic nitrogens is 1. The fourth-order valence-corrected chi connectivity index (χ4v) is 2.68. The lowest BCUT2D eigenvalue weighted by Gasteiger charge is -2.16. The zero-order valence-electron chi connectivity index (χ0n) is 10.1. The molecule has 1 N–H and O–H groups in total. The topological polar surface area (TPSA) is 62.5 Å². The third-order valence-electron chi connectivity index (χ3n) is 3.84. The quantitative estimate of drug-likeness (QED) is 0.865. The van der Waals surface area contributed by atoms with Gasteiger partial charge in [0.2, 0.25) is 0 Å². The van der Waals surface area contributed by atoms with Crippen LogP contribution in [-0.4, -0.2) is 39.7 Å². The van der Waals surface area contributed by atoms with E-state index in [1.54, 1.807) is 4.57 Å². The summed E-state index contributed by atoms with van der Waals surface area (Å²) < 4.78 is 1.59. The molecule has 0 aromatic carbocycles. The molecule has 2 heterocycles. The van der Waals surface area contributed by atoms with E-state index in [9.17, 15) is 9.59 Å². The molecule has 1 aliphatic carbocycles. The standard InChI is InChI=1S/C13H16N2O3/c16-12-4-1-9(13(17)18)7-15(12)11-5-6-14(8-11)10-2-3-10/h1,4,7,10-11H,2-3,5-6,8H2,(H,17,18). The third-order valence-corrected chi connectivity index (χ3v) is 3.84. The molecule has 1 saturated carbocycles. The number of aromatic carboxylic acids is 1. The van der Waals surface area contributed by atoms with Gasteiger partial charge in [0.1, 0.15) is 0 Å². The largest absolute Gasteiger partial charge is 0.478 e. The zero-order valence-corrected chi connectivity index (χ0v) is 10.1. The average molecular weight is 248 g/mol. The SMILES string of the molecule is O=C(O)c1ccc(=O)n(C2CCN(C3CC3)C2)c1. The van der Waals surface area contributed by atoms with Gasteiger partial charge in [-0.25, -0.2) is 4.79 Å². The summed E-state index contributed by atoms with van der Waals surface area (Å²) in [5, 5.41) is 8.97. The second kappa shape index (κ2) is 4.24. The predicted molar refractivity (Wildman–Crippen MR) is 65.9 cm³/mol. The molecule has 18 heavy (non-hydrogen) atoms. The van der Waals surface area contributed by atoms with Gasteiger partial charge in [0.05, 0.1) is 11.6 Å². The molecular weight excluding hydrogens is 232 g/mol. The van der Waals surface area contributed by atoms with Gasteiger partial charge < -0.3 is 9.67 Å². The van der Waals surface area contributed by atoms with Crippen molar-refractivity contribution in [1.82, 2.24) is 9.47 Å². The van der Waals surface area contributed by atoms with Crippen molar-refractivity contribution in [1.29, 1.82) is 0 Å². The molecule has 96 valence electrons. The van der Waals surface area contributed by atoms with Crippen molar-refractivity contribution in [3.8, 4) is 0 Å². The number of pyridine rings is 1. The maximum atomic E-state index is 11.8. The van der Waals surface area contributed by atoms with Gasteiger partial charge in [-0.2, -0.15) is 0 Å². The van der Waals surface area contributed by atoms with E-state index in [1.807, 2.05) is 0 Å². The van der Waals surface area contributed by atoms with Crippen LogP contribution >= 0.6 is 0 Å². The summed E-state index contributed by atoms with van der Waals surface area (Å²) in [6.45, 7) is 1.88. The summed E-state index contributed by atoms with van der Waals surface area (Å²) in [7, 11) is 0. The minimum atomic E-state index is -0.985. The Morgan fingerprint density at radius 1 is 1.22 bits per heavy atom. The molecule has 2 aliphatic rings. The summed E-state index contributed by atoms with van der Waals surface area (Å²) in [4.78, 5) is 25.2. The van der Waals surface area contributed by atoms with Crippen LogP contribution in [0.25, 0.3) is 0 Å². The highest BCUT2D eigenvalue weighted by Gasteiger charge is 2.35. The van der Waals surface area contributed by atoms with E-state index >= 15 is 0 Å². The first-order chi connectivity index (χ1) is 8.65. The van der Waals surface area contributed by atoms with Gasteiger partial charge in [-0.05, 0) is 25.3 Å². The number of nitrogens with zero attached hydrogens (tertiary/aromatic N) is 2. The van der Waals surface area contributed by atoms with Crippen LogP contribution in [0.1, 0.15) is 35.7 Å². The normalized spacial score (nSPS) is 24.3. The highest BCUT2D eigenvalue weighted by Crippen LogP contribution is 2.32. The Bertz CT molecular complexity index is 533. The maximum Gasteiger partial charge on any atom is 0.337 e. The fraction of sp³-hybridized carbons (Fsp3) is 0.538. The van der Waals surface area contributed by atoms with Gasteiger partial charge in [-0.3, -0.25) is 9.69 Å². The first-order valence-electron chi connectivity index (χ1n) is 6.34. The lowest BCUT2D eigenvalue weighted by Crippen LogP contribution is -2.28. The Hall–Kier alpha value is -1.62. The van der Waals surface area contributed by atoms with Crippen molar-refractivity contribution < 1.29 is 9.90 Å². The number of carboxylic acids is 1. The van der Waals surface area contributed by atoms with E-state index in [1.165, 1.54) is 31.2 Å². The molecule has 2 fully saturated rings. The maximum absolute atomic E-state index is 11.8. The van der Waals surface area contributed by atoms with Crippen molar-refractivity contribution >= 4 is 5.97 Å². The Kier molecular flexibility index (Phi) is 2.70. The average Bonchev–Trinajstić information content (AvgIpc) is 3.08. The second-order valence-electron chi connectivity index (χ2n) is 5.14. The van der Waals surface area contributed by atoms with Crippen molar-refractivity contribution in [3.63, 3.8) is 0 Å². The van der Waals surface area contributed by atoms with Crippen molar-refractivity contribution in [3.05, 3.63) is 34.2 Å². The highest BCUT2D eigenvalue weighted by atomic mass is 16.4. The van der Waals surface area contributed by atoms with E-state index in [2.05, 4.69) is 4.90 Å².